The van der Waals surface area contributed by atoms with Gasteiger partial charge in [0.1, 0.15) is 17.9 Å². The smallest absolute Gasteiger partial charge is 0.339 e. The zero-order chi connectivity index (χ0) is 13.8. The van der Waals surface area contributed by atoms with Crippen molar-refractivity contribution < 1.29 is 14.6 Å². The zero-order valence-corrected chi connectivity index (χ0v) is 12.1. The lowest BCUT2D eigenvalue weighted by molar-refractivity contribution is 0.0692. The predicted molar refractivity (Wildman–Crippen MR) is 76.9 cm³/mol. The Morgan fingerprint density at radius 3 is 2.74 bits per heavy atom. The van der Waals surface area contributed by atoms with Gasteiger partial charge in [0.2, 0.25) is 0 Å². The van der Waals surface area contributed by atoms with Crippen LogP contribution in [0.5, 0.6) is 5.75 Å². The molecule has 5 heteroatoms. The minimum absolute atomic E-state index is 0.0579. The highest BCUT2D eigenvalue weighted by Crippen LogP contribution is 2.24. The number of aromatic carboxylic acids is 1. The third kappa shape index (κ3) is 3.72. The van der Waals surface area contributed by atoms with E-state index >= 15 is 0 Å². The molecule has 3 nitrogen and oxygen atoms in total. The fourth-order valence-corrected chi connectivity index (χ4v) is 2.20. The summed E-state index contributed by atoms with van der Waals surface area (Å²) in [5.41, 5.74) is 1.00. The van der Waals surface area contributed by atoms with Crippen molar-refractivity contribution in [1.29, 1.82) is 0 Å². The number of carbonyl (C=O) groups is 1. The number of rotatable bonds is 4. The Morgan fingerprint density at radius 1 is 1.26 bits per heavy atom. The van der Waals surface area contributed by atoms with Crippen LogP contribution in [0.1, 0.15) is 15.9 Å². The summed E-state index contributed by atoms with van der Waals surface area (Å²) in [5, 5.41) is 9.45. The third-order valence-corrected chi connectivity index (χ3v) is 3.18. The van der Waals surface area contributed by atoms with E-state index < -0.39 is 5.97 Å². The Kier molecular flexibility index (Phi) is 4.45. The Labute approximate surface area is 123 Å². The lowest BCUT2D eigenvalue weighted by atomic mass is 10.2. The molecule has 0 aromatic heterocycles. The van der Waals surface area contributed by atoms with Crippen LogP contribution in [-0.2, 0) is 6.61 Å². The van der Waals surface area contributed by atoms with E-state index in [1.165, 1.54) is 6.07 Å². The first-order valence-corrected chi connectivity index (χ1v) is 6.63. The maximum atomic E-state index is 11.1. The third-order valence-electron chi connectivity index (χ3n) is 2.46. The highest BCUT2D eigenvalue weighted by molar-refractivity contribution is 9.10. The van der Waals surface area contributed by atoms with Crippen molar-refractivity contribution in [1.82, 2.24) is 0 Å². The first-order valence-electron chi connectivity index (χ1n) is 5.46. The number of hydrogen-bond donors (Lipinski definition) is 1. The molecule has 0 radical (unpaired) electrons. The van der Waals surface area contributed by atoms with Crippen LogP contribution in [-0.4, -0.2) is 11.1 Å². The van der Waals surface area contributed by atoms with Crippen LogP contribution in [0.25, 0.3) is 0 Å². The Morgan fingerprint density at radius 2 is 2.05 bits per heavy atom. The van der Waals surface area contributed by atoms with Crippen LogP contribution in [0.4, 0.5) is 0 Å². The molecule has 0 saturated carbocycles. The molecule has 0 saturated heterocycles. The number of hydrogen-bond acceptors (Lipinski definition) is 2. The molecule has 0 spiro atoms. The largest absolute Gasteiger partial charge is 0.488 e. The zero-order valence-electron chi connectivity index (χ0n) is 9.77. The normalized spacial score (nSPS) is 10.2. The van der Waals surface area contributed by atoms with Crippen molar-refractivity contribution in [3.63, 3.8) is 0 Å². The lowest BCUT2D eigenvalue weighted by Crippen LogP contribution is -2.03. The summed E-state index contributed by atoms with van der Waals surface area (Å²) < 4.78 is 6.48. The molecule has 0 unspecified atom stereocenters. The molecule has 0 bridgehead atoms. The minimum atomic E-state index is -1.06. The summed E-state index contributed by atoms with van der Waals surface area (Å²) in [7, 11) is 0. The molecule has 98 valence electrons. The van der Waals surface area contributed by atoms with Gasteiger partial charge in [0.15, 0.2) is 0 Å². The van der Waals surface area contributed by atoms with Crippen LogP contribution in [0.2, 0.25) is 5.02 Å². The predicted octanol–water partition coefficient (Wildman–Crippen LogP) is 4.38. The lowest BCUT2D eigenvalue weighted by Gasteiger charge is -2.09. The summed E-state index contributed by atoms with van der Waals surface area (Å²) in [5.74, 6) is -0.761. The second-order valence-electron chi connectivity index (χ2n) is 3.86. The first kappa shape index (κ1) is 13.9. The first-order chi connectivity index (χ1) is 9.06. The van der Waals surface area contributed by atoms with Crippen molar-refractivity contribution in [2.45, 2.75) is 6.61 Å². The summed E-state index contributed by atoms with van der Waals surface area (Å²) in [6, 6.07) is 12.2. The molecule has 2 aromatic carbocycles. The van der Waals surface area contributed by atoms with Crippen molar-refractivity contribution >= 4 is 33.5 Å². The summed E-state index contributed by atoms with van der Waals surface area (Å²) in [4.78, 5) is 11.1. The highest BCUT2D eigenvalue weighted by Gasteiger charge is 2.12. The van der Waals surface area contributed by atoms with Gasteiger partial charge in [0.25, 0.3) is 0 Å². The van der Waals surface area contributed by atoms with E-state index in [1.807, 2.05) is 24.3 Å². The molecule has 1 N–H and O–H groups in total. The van der Waals surface area contributed by atoms with Gasteiger partial charge < -0.3 is 9.84 Å². The maximum Gasteiger partial charge on any atom is 0.339 e. The maximum absolute atomic E-state index is 11.1. The Hall–Kier alpha value is -1.52. The van der Waals surface area contributed by atoms with Crippen molar-refractivity contribution in [2.24, 2.45) is 0 Å². The molecular weight excluding hydrogens is 332 g/mol. The molecule has 0 amide bonds. The van der Waals surface area contributed by atoms with Crippen LogP contribution in [0, 0.1) is 0 Å². The van der Waals surface area contributed by atoms with E-state index in [-0.39, 0.29) is 5.56 Å². The van der Waals surface area contributed by atoms with Crippen molar-refractivity contribution in [3.8, 4) is 5.75 Å². The van der Waals surface area contributed by atoms with Crippen molar-refractivity contribution in [2.75, 3.05) is 0 Å². The van der Waals surface area contributed by atoms with Crippen LogP contribution in [0.15, 0.2) is 46.9 Å². The standard InChI is InChI=1S/C14H10BrClO3/c15-10-3-1-2-9(6-10)8-19-13-5-4-11(16)7-12(13)14(17)18/h1-7H,8H2,(H,17,18). The topological polar surface area (TPSA) is 46.5 Å². The molecule has 2 rings (SSSR count). The fraction of sp³-hybridized carbons (Fsp3) is 0.0714. The van der Waals surface area contributed by atoms with Crippen LogP contribution < -0.4 is 4.74 Å². The van der Waals surface area contributed by atoms with Gasteiger partial charge in [-0.1, -0.05) is 39.7 Å². The van der Waals surface area contributed by atoms with Crippen molar-refractivity contribution in [3.05, 3.63) is 63.1 Å². The van der Waals surface area contributed by atoms with Crippen LogP contribution in [0.3, 0.4) is 0 Å². The number of ether oxygens (including phenoxy) is 1. The van der Waals surface area contributed by atoms with E-state index in [4.69, 9.17) is 21.4 Å². The fourth-order valence-electron chi connectivity index (χ4n) is 1.58. The number of carboxylic acids is 1. The molecule has 0 heterocycles. The molecule has 2 aromatic rings. The second kappa shape index (κ2) is 6.08. The van der Waals surface area contributed by atoms with Gasteiger partial charge in [-0.3, -0.25) is 0 Å². The van der Waals surface area contributed by atoms with Gasteiger partial charge in [-0.2, -0.15) is 0 Å². The van der Waals surface area contributed by atoms with Gasteiger partial charge in [-0.15, -0.1) is 0 Å². The van der Waals surface area contributed by atoms with E-state index in [1.54, 1.807) is 12.1 Å². The number of carboxylic acid groups (broad SMARTS) is 1. The molecule has 0 atom stereocenters. The Bertz CT molecular complexity index is 613. The SMILES string of the molecule is O=C(O)c1cc(Cl)ccc1OCc1cccc(Br)c1. The Balaban J connectivity index is 2.17. The molecule has 0 aliphatic heterocycles. The van der Waals surface area contributed by atoms with E-state index in [0.717, 1.165) is 10.0 Å². The number of benzene rings is 2. The van der Waals surface area contributed by atoms with Gasteiger partial charge in [-0.25, -0.2) is 4.79 Å². The van der Waals surface area contributed by atoms with Gasteiger partial charge in [0.05, 0.1) is 0 Å². The van der Waals surface area contributed by atoms with Gasteiger partial charge in [-0.05, 0) is 35.9 Å². The van der Waals surface area contributed by atoms with E-state index in [9.17, 15) is 4.79 Å². The number of halogens is 2. The van der Waals surface area contributed by atoms with Gasteiger partial charge >= 0.3 is 5.97 Å². The van der Waals surface area contributed by atoms with E-state index in [2.05, 4.69) is 15.9 Å². The molecule has 0 aliphatic rings. The quantitative estimate of drug-likeness (QED) is 0.897. The molecular formula is C14H10BrClO3. The monoisotopic (exact) mass is 340 g/mol. The summed E-state index contributed by atoms with van der Waals surface area (Å²) in [6.07, 6.45) is 0. The average molecular weight is 342 g/mol. The highest BCUT2D eigenvalue weighted by atomic mass is 79.9. The second-order valence-corrected chi connectivity index (χ2v) is 5.22. The van der Waals surface area contributed by atoms with E-state index in [0.29, 0.717) is 17.4 Å². The average Bonchev–Trinajstić information content (AvgIpc) is 2.37. The summed E-state index contributed by atoms with van der Waals surface area (Å²) in [6.45, 7) is 0.293. The molecule has 0 fully saturated rings. The van der Waals surface area contributed by atoms with Gasteiger partial charge in [0, 0.05) is 9.50 Å². The molecule has 19 heavy (non-hydrogen) atoms. The van der Waals surface area contributed by atoms with Crippen LogP contribution >= 0.6 is 27.5 Å². The molecule has 0 aliphatic carbocycles. The summed E-state index contributed by atoms with van der Waals surface area (Å²) >= 11 is 9.14. The minimum Gasteiger partial charge on any atom is -0.488 e.